The SMILES string of the molecule is CCCNC(c1ccc(C(C)C)cc1)C1COCCO1. The molecule has 2 atom stereocenters. The van der Waals surface area contributed by atoms with Gasteiger partial charge in [0, 0.05) is 0 Å². The number of nitrogens with one attached hydrogen (secondary N) is 1. The molecular weight excluding hydrogens is 250 g/mol. The minimum Gasteiger partial charge on any atom is -0.376 e. The molecule has 2 unspecified atom stereocenters. The predicted molar refractivity (Wildman–Crippen MR) is 82.1 cm³/mol. The van der Waals surface area contributed by atoms with Crippen LogP contribution < -0.4 is 5.32 Å². The molecule has 0 radical (unpaired) electrons. The fraction of sp³-hybridized carbons (Fsp3) is 0.647. The van der Waals surface area contributed by atoms with E-state index in [0.29, 0.717) is 25.7 Å². The van der Waals surface area contributed by atoms with E-state index in [1.54, 1.807) is 0 Å². The lowest BCUT2D eigenvalue weighted by atomic mass is 9.96. The molecule has 112 valence electrons. The van der Waals surface area contributed by atoms with Gasteiger partial charge in [-0.3, -0.25) is 0 Å². The molecule has 0 aromatic heterocycles. The molecule has 1 N–H and O–H groups in total. The smallest absolute Gasteiger partial charge is 0.100 e. The zero-order valence-corrected chi connectivity index (χ0v) is 12.9. The molecule has 3 heteroatoms. The van der Waals surface area contributed by atoms with Crippen LogP contribution in [-0.4, -0.2) is 32.5 Å². The lowest BCUT2D eigenvalue weighted by molar-refractivity contribution is -0.102. The third-order valence-corrected chi connectivity index (χ3v) is 3.79. The molecule has 1 aliphatic heterocycles. The van der Waals surface area contributed by atoms with Gasteiger partial charge in [-0.05, 0) is 30.0 Å². The molecular formula is C17H27NO2. The monoisotopic (exact) mass is 277 g/mol. The topological polar surface area (TPSA) is 30.5 Å². The van der Waals surface area contributed by atoms with Crippen molar-refractivity contribution < 1.29 is 9.47 Å². The van der Waals surface area contributed by atoms with Gasteiger partial charge >= 0.3 is 0 Å². The third-order valence-electron chi connectivity index (χ3n) is 3.79. The Morgan fingerprint density at radius 3 is 2.40 bits per heavy atom. The van der Waals surface area contributed by atoms with Gasteiger partial charge in [-0.1, -0.05) is 45.0 Å². The third kappa shape index (κ3) is 4.05. The summed E-state index contributed by atoms with van der Waals surface area (Å²) in [5.41, 5.74) is 2.67. The second-order valence-corrected chi connectivity index (χ2v) is 5.74. The normalized spacial score (nSPS) is 21.1. The molecule has 1 aromatic rings. The van der Waals surface area contributed by atoms with Crippen molar-refractivity contribution in [2.75, 3.05) is 26.4 Å². The Morgan fingerprint density at radius 2 is 1.85 bits per heavy atom. The highest BCUT2D eigenvalue weighted by Gasteiger charge is 2.26. The lowest BCUT2D eigenvalue weighted by Crippen LogP contribution is -2.40. The quantitative estimate of drug-likeness (QED) is 0.865. The van der Waals surface area contributed by atoms with Crippen LogP contribution >= 0.6 is 0 Å². The largest absolute Gasteiger partial charge is 0.376 e. The van der Waals surface area contributed by atoms with Crippen LogP contribution in [0.3, 0.4) is 0 Å². The Morgan fingerprint density at radius 1 is 1.15 bits per heavy atom. The fourth-order valence-electron chi connectivity index (χ4n) is 2.55. The van der Waals surface area contributed by atoms with Crippen LogP contribution in [0.25, 0.3) is 0 Å². The summed E-state index contributed by atoms with van der Waals surface area (Å²) in [4.78, 5) is 0. The first-order valence-electron chi connectivity index (χ1n) is 7.75. The number of ether oxygens (including phenoxy) is 2. The molecule has 1 heterocycles. The molecule has 2 rings (SSSR count). The maximum atomic E-state index is 5.88. The molecule has 1 saturated heterocycles. The van der Waals surface area contributed by atoms with E-state index in [4.69, 9.17) is 9.47 Å². The Bertz CT molecular complexity index is 382. The summed E-state index contributed by atoms with van der Waals surface area (Å²) >= 11 is 0. The fourth-order valence-corrected chi connectivity index (χ4v) is 2.55. The summed E-state index contributed by atoms with van der Waals surface area (Å²) in [6.07, 6.45) is 1.23. The van der Waals surface area contributed by atoms with Crippen LogP contribution in [0.15, 0.2) is 24.3 Å². The average molecular weight is 277 g/mol. The molecule has 0 aliphatic carbocycles. The Hall–Kier alpha value is -0.900. The lowest BCUT2D eigenvalue weighted by Gasteiger charge is -2.31. The van der Waals surface area contributed by atoms with Crippen LogP contribution in [-0.2, 0) is 9.47 Å². The minimum absolute atomic E-state index is 0.111. The Labute approximate surface area is 122 Å². The van der Waals surface area contributed by atoms with Gasteiger partial charge in [0.05, 0.1) is 25.9 Å². The highest BCUT2D eigenvalue weighted by Crippen LogP contribution is 2.24. The number of rotatable bonds is 6. The van der Waals surface area contributed by atoms with Gasteiger partial charge in [-0.25, -0.2) is 0 Å². The molecule has 0 saturated carbocycles. The van der Waals surface area contributed by atoms with E-state index in [0.717, 1.165) is 13.0 Å². The van der Waals surface area contributed by atoms with Gasteiger partial charge < -0.3 is 14.8 Å². The molecule has 1 aromatic carbocycles. The van der Waals surface area contributed by atoms with Gasteiger partial charge in [0.15, 0.2) is 0 Å². The van der Waals surface area contributed by atoms with Crippen molar-refractivity contribution in [3.63, 3.8) is 0 Å². The van der Waals surface area contributed by atoms with E-state index in [-0.39, 0.29) is 12.1 Å². The first-order chi connectivity index (χ1) is 9.72. The summed E-state index contributed by atoms with van der Waals surface area (Å²) in [5, 5.41) is 3.60. The van der Waals surface area contributed by atoms with E-state index < -0.39 is 0 Å². The number of benzene rings is 1. The van der Waals surface area contributed by atoms with E-state index in [1.165, 1.54) is 11.1 Å². The summed E-state index contributed by atoms with van der Waals surface area (Å²) in [6.45, 7) is 9.70. The maximum Gasteiger partial charge on any atom is 0.100 e. The summed E-state index contributed by atoms with van der Waals surface area (Å²) in [5.74, 6) is 0.570. The number of hydrogen-bond donors (Lipinski definition) is 1. The highest BCUT2D eigenvalue weighted by molar-refractivity contribution is 5.27. The summed E-state index contributed by atoms with van der Waals surface area (Å²) in [6, 6.07) is 9.12. The Kier molecular flexibility index (Phi) is 6.02. The van der Waals surface area contributed by atoms with Crippen molar-refractivity contribution in [1.82, 2.24) is 5.32 Å². The van der Waals surface area contributed by atoms with Crippen molar-refractivity contribution in [2.24, 2.45) is 0 Å². The molecule has 0 spiro atoms. The van der Waals surface area contributed by atoms with Crippen LogP contribution in [0.1, 0.15) is 50.3 Å². The van der Waals surface area contributed by atoms with Crippen LogP contribution in [0, 0.1) is 0 Å². The maximum absolute atomic E-state index is 5.88. The van der Waals surface area contributed by atoms with Gasteiger partial charge in [-0.15, -0.1) is 0 Å². The molecule has 3 nitrogen and oxygen atoms in total. The standard InChI is InChI=1S/C17H27NO2/c1-4-9-18-17(16-12-19-10-11-20-16)15-7-5-14(6-8-15)13(2)3/h5-8,13,16-18H,4,9-12H2,1-3H3. The van der Waals surface area contributed by atoms with Gasteiger partial charge in [0.25, 0.3) is 0 Å². The van der Waals surface area contributed by atoms with Gasteiger partial charge in [0.1, 0.15) is 6.10 Å². The number of hydrogen-bond acceptors (Lipinski definition) is 3. The van der Waals surface area contributed by atoms with E-state index >= 15 is 0 Å². The van der Waals surface area contributed by atoms with Crippen LogP contribution in [0.2, 0.25) is 0 Å². The zero-order valence-electron chi connectivity index (χ0n) is 12.9. The second-order valence-electron chi connectivity index (χ2n) is 5.74. The second kappa shape index (κ2) is 7.77. The zero-order chi connectivity index (χ0) is 14.4. The van der Waals surface area contributed by atoms with Crippen molar-refractivity contribution in [1.29, 1.82) is 0 Å². The van der Waals surface area contributed by atoms with Crippen molar-refractivity contribution in [2.45, 2.75) is 45.3 Å². The van der Waals surface area contributed by atoms with E-state index in [1.807, 2.05) is 0 Å². The van der Waals surface area contributed by atoms with Gasteiger partial charge in [0.2, 0.25) is 0 Å². The Balaban J connectivity index is 2.11. The molecule has 1 aliphatic rings. The van der Waals surface area contributed by atoms with Gasteiger partial charge in [-0.2, -0.15) is 0 Å². The molecule has 20 heavy (non-hydrogen) atoms. The van der Waals surface area contributed by atoms with E-state index in [2.05, 4.69) is 50.4 Å². The summed E-state index contributed by atoms with van der Waals surface area (Å²) < 4.78 is 11.4. The first-order valence-corrected chi connectivity index (χ1v) is 7.75. The van der Waals surface area contributed by atoms with Crippen LogP contribution in [0.4, 0.5) is 0 Å². The first kappa shape index (κ1) is 15.5. The van der Waals surface area contributed by atoms with Crippen molar-refractivity contribution >= 4 is 0 Å². The average Bonchev–Trinajstić information content (AvgIpc) is 2.49. The highest BCUT2D eigenvalue weighted by atomic mass is 16.6. The minimum atomic E-state index is 0.111. The molecule has 0 bridgehead atoms. The molecule has 1 fully saturated rings. The molecule has 0 amide bonds. The predicted octanol–water partition coefficient (Wildman–Crippen LogP) is 3.27. The summed E-state index contributed by atoms with van der Waals surface area (Å²) in [7, 11) is 0. The van der Waals surface area contributed by atoms with E-state index in [9.17, 15) is 0 Å². The van der Waals surface area contributed by atoms with Crippen molar-refractivity contribution in [3.05, 3.63) is 35.4 Å². The van der Waals surface area contributed by atoms with Crippen LogP contribution in [0.5, 0.6) is 0 Å². The van der Waals surface area contributed by atoms with Crippen molar-refractivity contribution in [3.8, 4) is 0 Å².